The van der Waals surface area contributed by atoms with Crippen LogP contribution in [0.25, 0.3) is 0 Å². The molecule has 0 aliphatic heterocycles. The van der Waals surface area contributed by atoms with Gasteiger partial charge in [0, 0.05) is 26.2 Å². The minimum absolute atomic E-state index is 0. The van der Waals surface area contributed by atoms with Crippen molar-refractivity contribution >= 4 is 11.9 Å². The third-order valence-corrected chi connectivity index (χ3v) is 1.79. The van der Waals surface area contributed by atoms with E-state index in [0.29, 0.717) is 0 Å². The van der Waals surface area contributed by atoms with Crippen LogP contribution < -0.4 is 0 Å². The average molecular weight is 271 g/mol. The van der Waals surface area contributed by atoms with Crippen molar-refractivity contribution in [2.24, 2.45) is 0 Å². The first-order chi connectivity index (χ1) is 6.04. The summed E-state index contributed by atoms with van der Waals surface area (Å²) in [6, 6.07) is 4.17. The normalized spacial score (nSPS) is 8.93. The number of hydrogen-bond acceptors (Lipinski definition) is 2. The van der Waals surface area contributed by atoms with Crippen LogP contribution in [0.15, 0.2) is 18.2 Å². The summed E-state index contributed by atoms with van der Waals surface area (Å²) in [6.45, 7) is 1.48. The number of carboxylic acid groups (broad SMARTS) is 2. The number of rotatable bonds is 2. The van der Waals surface area contributed by atoms with E-state index in [0.717, 1.165) is 0 Å². The van der Waals surface area contributed by atoms with Gasteiger partial charge < -0.3 is 10.2 Å². The van der Waals surface area contributed by atoms with E-state index < -0.39 is 11.9 Å². The van der Waals surface area contributed by atoms with Gasteiger partial charge in [-0.05, 0) is 24.6 Å². The van der Waals surface area contributed by atoms with Crippen molar-refractivity contribution in [2.75, 3.05) is 0 Å². The van der Waals surface area contributed by atoms with Crippen LogP contribution in [0.5, 0.6) is 0 Å². The summed E-state index contributed by atoms with van der Waals surface area (Å²) in [7, 11) is 0. The van der Waals surface area contributed by atoms with Gasteiger partial charge in [0.05, 0.1) is 11.1 Å². The zero-order chi connectivity index (χ0) is 10.0. The van der Waals surface area contributed by atoms with Gasteiger partial charge in [-0.25, -0.2) is 9.59 Å². The van der Waals surface area contributed by atoms with Crippen LogP contribution in [0.3, 0.4) is 0 Å². The summed E-state index contributed by atoms with van der Waals surface area (Å²) in [5.41, 5.74) is 0.335. The van der Waals surface area contributed by atoms with E-state index in [9.17, 15) is 9.59 Å². The Labute approximate surface area is 99.7 Å². The molecule has 0 aliphatic rings. The van der Waals surface area contributed by atoms with Crippen LogP contribution in [0, 0.1) is 6.92 Å². The second-order valence-electron chi connectivity index (χ2n) is 2.59. The molecule has 5 heteroatoms. The fraction of sp³-hybridized carbons (Fsp3) is 0.111. The van der Waals surface area contributed by atoms with Crippen LogP contribution >= 0.6 is 0 Å². The van der Waals surface area contributed by atoms with E-state index >= 15 is 0 Å². The molecular weight excluding hydrogens is 263 g/mol. The Morgan fingerprint density at radius 1 is 1.07 bits per heavy atom. The Balaban J connectivity index is 0.00000169. The van der Waals surface area contributed by atoms with Crippen molar-refractivity contribution in [1.82, 2.24) is 0 Å². The van der Waals surface area contributed by atoms with Crippen molar-refractivity contribution in [3.05, 3.63) is 34.9 Å². The van der Waals surface area contributed by atoms with Gasteiger partial charge in [-0.15, -0.1) is 0 Å². The van der Waals surface area contributed by atoms with E-state index in [1.54, 1.807) is 0 Å². The van der Waals surface area contributed by atoms with Gasteiger partial charge in [-0.1, -0.05) is 6.07 Å². The van der Waals surface area contributed by atoms with Crippen LogP contribution in [0.4, 0.5) is 0 Å². The predicted molar refractivity (Wildman–Crippen MR) is 45.1 cm³/mol. The third kappa shape index (κ3) is 2.52. The summed E-state index contributed by atoms with van der Waals surface area (Å²) >= 11 is 0. The van der Waals surface area contributed by atoms with Crippen molar-refractivity contribution in [1.29, 1.82) is 0 Å². The Bertz CT molecular complexity index is 341. The molecule has 0 atom stereocenters. The zero-order valence-corrected chi connectivity index (χ0v) is 9.90. The number of aromatic carboxylic acids is 2. The minimum Gasteiger partial charge on any atom is -0.478 e. The van der Waals surface area contributed by atoms with Gasteiger partial charge in [0.2, 0.25) is 0 Å². The summed E-state index contributed by atoms with van der Waals surface area (Å²) in [5, 5.41) is 17.4. The van der Waals surface area contributed by atoms with Crippen LogP contribution in [-0.2, 0) is 26.2 Å². The van der Waals surface area contributed by atoms with E-state index in [-0.39, 0.29) is 42.9 Å². The van der Waals surface area contributed by atoms with Crippen LogP contribution in [0.1, 0.15) is 26.3 Å². The average Bonchev–Trinajstić information content (AvgIpc) is 2.03. The molecule has 1 rings (SSSR count). The first-order valence-electron chi connectivity index (χ1n) is 3.60. The molecule has 4 nitrogen and oxygen atoms in total. The van der Waals surface area contributed by atoms with Crippen molar-refractivity contribution in [3.63, 3.8) is 0 Å². The molecule has 0 heterocycles. The van der Waals surface area contributed by atoms with Gasteiger partial charge >= 0.3 is 11.9 Å². The molecule has 0 radical (unpaired) electrons. The molecule has 0 saturated carbocycles. The molecule has 1 aromatic carbocycles. The Kier molecular flexibility index (Phi) is 4.71. The van der Waals surface area contributed by atoms with Gasteiger partial charge in [0.1, 0.15) is 0 Å². The SMILES string of the molecule is Cc1c(C(=O)O)cccc1C(=O)O.[Zr]. The molecule has 0 saturated heterocycles. The summed E-state index contributed by atoms with van der Waals surface area (Å²) in [5.74, 6) is -2.22. The molecule has 2 N–H and O–H groups in total. The van der Waals surface area contributed by atoms with Crippen LogP contribution in [-0.4, -0.2) is 22.2 Å². The number of carbonyl (C=O) groups is 2. The maximum Gasteiger partial charge on any atom is 0.335 e. The van der Waals surface area contributed by atoms with E-state index in [4.69, 9.17) is 10.2 Å². The quantitative estimate of drug-likeness (QED) is 0.852. The predicted octanol–water partition coefficient (Wildman–Crippen LogP) is 1.39. The summed E-state index contributed by atoms with van der Waals surface area (Å²) in [6.07, 6.45) is 0. The molecule has 1 aromatic rings. The van der Waals surface area contributed by atoms with E-state index in [1.165, 1.54) is 25.1 Å². The molecule has 14 heavy (non-hydrogen) atoms. The van der Waals surface area contributed by atoms with Crippen LogP contribution in [0.2, 0.25) is 0 Å². The van der Waals surface area contributed by atoms with Gasteiger partial charge in [-0.3, -0.25) is 0 Å². The molecule has 0 aromatic heterocycles. The Hall–Kier alpha value is -0.957. The third-order valence-electron chi connectivity index (χ3n) is 1.79. The van der Waals surface area contributed by atoms with E-state index in [1.807, 2.05) is 0 Å². The molecule has 0 fully saturated rings. The first kappa shape index (κ1) is 13.0. The van der Waals surface area contributed by atoms with Crippen molar-refractivity contribution in [3.8, 4) is 0 Å². The number of hydrogen-bond donors (Lipinski definition) is 2. The monoisotopic (exact) mass is 270 g/mol. The largest absolute Gasteiger partial charge is 0.478 e. The molecule has 0 aliphatic carbocycles. The molecule has 0 unspecified atom stereocenters. The first-order valence-corrected chi connectivity index (χ1v) is 3.60. The second-order valence-corrected chi connectivity index (χ2v) is 2.59. The smallest absolute Gasteiger partial charge is 0.335 e. The Morgan fingerprint density at radius 3 is 1.71 bits per heavy atom. The molecule has 0 spiro atoms. The number of benzene rings is 1. The second kappa shape index (κ2) is 5.06. The fourth-order valence-corrected chi connectivity index (χ4v) is 1.10. The zero-order valence-electron chi connectivity index (χ0n) is 7.44. The van der Waals surface area contributed by atoms with Gasteiger partial charge in [0.25, 0.3) is 0 Å². The van der Waals surface area contributed by atoms with E-state index in [2.05, 4.69) is 0 Å². The van der Waals surface area contributed by atoms with Crippen molar-refractivity contribution in [2.45, 2.75) is 6.92 Å². The van der Waals surface area contributed by atoms with Crippen molar-refractivity contribution < 1.29 is 46.0 Å². The summed E-state index contributed by atoms with van der Waals surface area (Å²) in [4.78, 5) is 21.2. The molecule has 0 amide bonds. The minimum atomic E-state index is -1.11. The topological polar surface area (TPSA) is 74.6 Å². The maximum absolute atomic E-state index is 10.6. The molecular formula is C9H8O4Zr. The van der Waals surface area contributed by atoms with Gasteiger partial charge in [0.15, 0.2) is 0 Å². The Morgan fingerprint density at radius 2 is 1.43 bits per heavy atom. The maximum atomic E-state index is 10.6. The summed E-state index contributed by atoms with van der Waals surface area (Å²) < 4.78 is 0. The van der Waals surface area contributed by atoms with Gasteiger partial charge in [-0.2, -0.15) is 0 Å². The molecule has 72 valence electrons. The number of carboxylic acids is 2. The standard InChI is InChI=1S/C9H8O4.Zr/c1-5-6(8(10)11)3-2-4-7(5)9(12)13;/h2-4H,1H3,(H,10,11)(H,12,13);. The molecule has 0 bridgehead atoms. The fourth-order valence-electron chi connectivity index (χ4n) is 1.10.